The number of likely N-dealkylation sites (N-methyl/N-ethyl adjacent to an activating group) is 1. The van der Waals surface area contributed by atoms with E-state index in [1.54, 1.807) is 26.1 Å². The maximum absolute atomic E-state index is 12.8. The van der Waals surface area contributed by atoms with E-state index in [9.17, 15) is 9.59 Å². The minimum Gasteiger partial charge on any atom is -0.482 e. The Kier molecular flexibility index (Phi) is 5.35. The molecule has 1 aliphatic rings. The predicted octanol–water partition coefficient (Wildman–Crippen LogP) is 2.93. The second-order valence-electron chi connectivity index (χ2n) is 6.80. The first-order valence-corrected chi connectivity index (χ1v) is 8.90. The number of benzene rings is 2. The van der Waals surface area contributed by atoms with Gasteiger partial charge in [-0.25, -0.2) is 0 Å². The summed E-state index contributed by atoms with van der Waals surface area (Å²) in [5.41, 5.74) is 2.85. The summed E-state index contributed by atoms with van der Waals surface area (Å²) in [5, 5.41) is 2.86. The Morgan fingerprint density at radius 3 is 2.41 bits per heavy atom. The van der Waals surface area contributed by atoms with Gasteiger partial charge >= 0.3 is 0 Å². The van der Waals surface area contributed by atoms with Crippen molar-refractivity contribution in [2.75, 3.05) is 18.9 Å². The molecular weight excluding hydrogens is 344 g/mol. The number of fused-ring (bicyclic) bond motifs is 1. The van der Waals surface area contributed by atoms with Crippen molar-refractivity contribution in [3.63, 3.8) is 0 Å². The summed E-state index contributed by atoms with van der Waals surface area (Å²) in [7, 11) is 1.58. The largest absolute Gasteiger partial charge is 0.482 e. The number of nitrogens with one attached hydrogen (secondary N) is 1. The van der Waals surface area contributed by atoms with Gasteiger partial charge in [0.2, 0.25) is 12.0 Å². The van der Waals surface area contributed by atoms with Crippen LogP contribution < -0.4 is 14.8 Å². The highest BCUT2D eigenvalue weighted by Crippen LogP contribution is 2.33. The first-order valence-electron chi connectivity index (χ1n) is 8.90. The number of hydrogen-bond acceptors (Lipinski definition) is 4. The molecule has 0 aromatic heterocycles. The van der Waals surface area contributed by atoms with Gasteiger partial charge in [-0.1, -0.05) is 24.3 Å². The van der Waals surface area contributed by atoms with Gasteiger partial charge in [0.25, 0.3) is 5.91 Å². The van der Waals surface area contributed by atoms with E-state index in [-0.39, 0.29) is 18.4 Å². The molecule has 6 nitrogen and oxygen atoms in total. The highest BCUT2D eigenvalue weighted by Gasteiger charge is 2.36. The number of rotatable bonds is 4. The minimum absolute atomic E-state index is 0.0690. The molecule has 1 heterocycles. The fraction of sp³-hybridized carbons (Fsp3) is 0.333. The van der Waals surface area contributed by atoms with Crippen LogP contribution in [0.2, 0.25) is 0 Å². The van der Waals surface area contributed by atoms with Crippen LogP contribution in [0.5, 0.6) is 11.5 Å². The normalized spacial score (nSPS) is 17.9. The topological polar surface area (TPSA) is 67.9 Å². The summed E-state index contributed by atoms with van der Waals surface area (Å²) in [5.74, 6) is 0.587. The Bertz CT molecular complexity index is 865. The van der Waals surface area contributed by atoms with Gasteiger partial charge in [-0.2, -0.15) is 0 Å². The molecule has 2 amide bonds. The second-order valence-corrected chi connectivity index (χ2v) is 6.80. The molecule has 2 aromatic rings. The quantitative estimate of drug-likeness (QED) is 0.901. The lowest BCUT2D eigenvalue weighted by Gasteiger charge is -2.33. The summed E-state index contributed by atoms with van der Waals surface area (Å²) in [6.07, 6.45) is -1.24. The molecule has 2 atom stereocenters. The molecule has 0 fully saturated rings. The van der Waals surface area contributed by atoms with Gasteiger partial charge in [-0.15, -0.1) is 0 Å². The van der Waals surface area contributed by atoms with E-state index < -0.39 is 12.2 Å². The van der Waals surface area contributed by atoms with Crippen LogP contribution in [0.25, 0.3) is 0 Å². The number of para-hydroxylation sites is 2. The van der Waals surface area contributed by atoms with Crippen molar-refractivity contribution in [2.45, 2.75) is 33.0 Å². The Morgan fingerprint density at radius 2 is 1.70 bits per heavy atom. The first-order chi connectivity index (χ1) is 12.9. The van der Waals surface area contributed by atoms with E-state index in [0.29, 0.717) is 11.5 Å². The molecule has 0 saturated heterocycles. The zero-order valence-electron chi connectivity index (χ0n) is 16.0. The van der Waals surface area contributed by atoms with Crippen LogP contribution in [0.1, 0.15) is 18.1 Å². The Balaban J connectivity index is 1.63. The number of nitrogens with zero attached hydrogens (tertiary/aromatic N) is 1. The van der Waals surface area contributed by atoms with E-state index in [1.807, 2.05) is 44.2 Å². The van der Waals surface area contributed by atoms with Gasteiger partial charge < -0.3 is 19.7 Å². The SMILES string of the molecule is Cc1cccc(NC(=O)CN(C)C(=O)C2Oc3ccccc3OC2C)c1C. The third-order valence-electron chi connectivity index (χ3n) is 4.72. The standard InChI is InChI=1S/C21H24N2O4/c1-13-8-7-9-16(14(13)2)22-19(24)12-23(4)21(25)20-15(3)26-17-10-5-6-11-18(17)27-20/h5-11,15,20H,12H2,1-4H3,(H,22,24). The molecule has 1 N–H and O–H groups in total. The van der Waals surface area contributed by atoms with Crippen molar-refractivity contribution in [1.82, 2.24) is 4.90 Å². The summed E-state index contributed by atoms with van der Waals surface area (Å²) >= 11 is 0. The van der Waals surface area contributed by atoms with Crippen molar-refractivity contribution < 1.29 is 19.1 Å². The van der Waals surface area contributed by atoms with Gasteiger partial charge in [0.15, 0.2) is 11.5 Å². The van der Waals surface area contributed by atoms with Crippen LogP contribution in [0, 0.1) is 13.8 Å². The first kappa shape index (κ1) is 18.8. The van der Waals surface area contributed by atoms with Crippen molar-refractivity contribution in [2.24, 2.45) is 0 Å². The van der Waals surface area contributed by atoms with Crippen LogP contribution in [-0.4, -0.2) is 42.5 Å². The van der Waals surface area contributed by atoms with Crippen LogP contribution >= 0.6 is 0 Å². The molecule has 142 valence electrons. The Hall–Kier alpha value is -3.02. The highest BCUT2D eigenvalue weighted by molar-refractivity contribution is 5.95. The average molecular weight is 368 g/mol. The Morgan fingerprint density at radius 1 is 1.04 bits per heavy atom. The minimum atomic E-state index is -0.793. The zero-order chi connectivity index (χ0) is 19.6. The smallest absolute Gasteiger partial charge is 0.267 e. The maximum Gasteiger partial charge on any atom is 0.267 e. The number of ether oxygens (including phenoxy) is 2. The third-order valence-corrected chi connectivity index (χ3v) is 4.72. The van der Waals surface area contributed by atoms with Crippen molar-refractivity contribution in [3.8, 4) is 11.5 Å². The molecule has 3 rings (SSSR count). The number of carbonyl (C=O) groups is 2. The molecule has 0 saturated carbocycles. The van der Waals surface area contributed by atoms with Gasteiger partial charge in [-0.3, -0.25) is 9.59 Å². The summed E-state index contributed by atoms with van der Waals surface area (Å²) in [6.45, 7) is 5.65. The van der Waals surface area contributed by atoms with E-state index in [4.69, 9.17) is 9.47 Å². The summed E-state index contributed by atoms with van der Waals surface area (Å²) in [4.78, 5) is 26.5. The number of carbonyl (C=O) groups excluding carboxylic acids is 2. The second kappa shape index (κ2) is 7.70. The molecule has 2 unspecified atom stereocenters. The van der Waals surface area contributed by atoms with Gasteiger partial charge in [-0.05, 0) is 50.1 Å². The van der Waals surface area contributed by atoms with Crippen LogP contribution in [0.4, 0.5) is 5.69 Å². The molecule has 1 aliphatic heterocycles. The molecule has 27 heavy (non-hydrogen) atoms. The van der Waals surface area contributed by atoms with Gasteiger partial charge in [0, 0.05) is 12.7 Å². The van der Waals surface area contributed by atoms with Crippen molar-refractivity contribution in [1.29, 1.82) is 0 Å². The average Bonchev–Trinajstić information content (AvgIpc) is 2.64. The number of hydrogen-bond donors (Lipinski definition) is 1. The maximum atomic E-state index is 12.8. The monoisotopic (exact) mass is 368 g/mol. The lowest BCUT2D eigenvalue weighted by Crippen LogP contribution is -2.51. The summed E-state index contributed by atoms with van der Waals surface area (Å²) < 4.78 is 11.6. The molecule has 0 bridgehead atoms. The van der Waals surface area contributed by atoms with Crippen LogP contribution in [0.3, 0.4) is 0 Å². The number of amides is 2. The number of aryl methyl sites for hydroxylation is 1. The molecule has 2 aromatic carbocycles. The van der Waals surface area contributed by atoms with E-state index >= 15 is 0 Å². The van der Waals surface area contributed by atoms with Crippen LogP contribution in [0.15, 0.2) is 42.5 Å². The molecular formula is C21H24N2O4. The lowest BCUT2D eigenvalue weighted by molar-refractivity contribution is -0.144. The van der Waals surface area contributed by atoms with Crippen molar-refractivity contribution >= 4 is 17.5 Å². The molecule has 0 aliphatic carbocycles. The number of anilines is 1. The van der Waals surface area contributed by atoms with E-state index in [1.165, 1.54) is 4.90 Å². The lowest BCUT2D eigenvalue weighted by atomic mass is 10.1. The molecule has 0 spiro atoms. The molecule has 6 heteroatoms. The van der Waals surface area contributed by atoms with Gasteiger partial charge in [0.1, 0.15) is 6.10 Å². The molecule has 0 radical (unpaired) electrons. The highest BCUT2D eigenvalue weighted by atomic mass is 16.6. The fourth-order valence-electron chi connectivity index (χ4n) is 2.98. The predicted molar refractivity (Wildman–Crippen MR) is 103 cm³/mol. The van der Waals surface area contributed by atoms with E-state index in [0.717, 1.165) is 16.8 Å². The van der Waals surface area contributed by atoms with Gasteiger partial charge in [0.05, 0.1) is 6.54 Å². The fourth-order valence-corrected chi connectivity index (χ4v) is 2.98. The van der Waals surface area contributed by atoms with Crippen molar-refractivity contribution in [3.05, 3.63) is 53.6 Å². The zero-order valence-corrected chi connectivity index (χ0v) is 16.0. The van der Waals surface area contributed by atoms with Crippen LogP contribution in [-0.2, 0) is 9.59 Å². The summed E-state index contributed by atoms with van der Waals surface area (Å²) in [6, 6.07) is 12.9. The Labute approximate surface area is 159 Å². The third kappa shape index (κ3) is 4.05. The van der Waals surface area contributed by atoms with E-state index in [2.05, 4.69) is 5.32 Å².